The van der Waals surface area contributed by atoms with Gasteiger partial charge >= 0.3 is 0 Å². The molecule has 0 rings (SSSR count). The zero-order valence-corrected chi connectivity index (χ0v) is 52.0. The van der Waals surface area contributed by atoms with Gasteiger partial charge in [0.1, 0.15) is 13.2 Å². The van der Waals surface area contributed by atoms with Crippen LogP contribution in [-0.2, 0) is 18.4 Å². The van der Waals surface area contributed by atoms with Gasteiger partial charge in [0.2, 0.25) is 5.91 Å². The molecule has 1 amide bonds. The predicted molar refractivity (Wildman–Crippen MR) is 339 cm³/mol. The third kappa shape index (κ3) is 60.5. The highest BCUT2D eigenvalue weighted by atomic mass is 31.2. The number of amides is 1. The number of aliphatic hydroxyl groups excluding tert-OH is 1. The van der Waals surface area contributed by atoms with E-state index in [9.17, 15) is 19.4 Å². The van der Waals surface area contributed by atoms with Gasteiger partial charge in [-0.25, -0.2) is 0 Å². The molecular weight excluding hydrogens is 984 g/mol. The lowest BCUT2D eigenvalue weighted by molar-refractivity contribution is -0.870. The lowest BCUT2D eigenvalue weighted by atomic mass is 10.0. The molecule has 9 heteroatoms. The Labute approximate surface area is 482 Å². The Bertz CT molecular complexity index is 1680. The van der Waals surface area contributed by atoms with Gasteiger partial charge in [-0.3, -0.25) is 9.36 Å². The highest BCUT2D eigenvalue weighted by Crippen LogP contribution is 2.38. The lowest BCUT2D eigenvalue weighted by Gasteiger charge is -2.29. The van der Waals surface area contributed by atoms with E-state index in [1.807, 2.05) is 27.2 Å². The van der Waals surface area contributed by atoms with Crippen molar-refractivity contribution in [2.45, 2.75) is 270 Å². The van der Waals surface area contributed by atoms with Crippen LogP contribution in [0.5, 0.6) is 0 Å². The molecule has 0 radical (unpaired) electrons. The van der Waals surface area contributed by atoms with E-state index < -0.39 is 20.0 Å². The fraction of sp³-hybridized carbons (Fsp3) is 0.696. The van der Waals surface area contributed by atoms with Crippen molar-refractivity contribution in [1.82, 2.24) is 5.32 Å². The number of carbonyl (C=O) groups excluding carboxylic acids is 1. The van der Waals surface area contributed by atoms with Crippen molar-refractivity contribution >= 4 is 13.7 Å². The van der Waals surface area contributed by atoms with E-state index in [0.29, 0.717) is 17.4 Å². The normalized spacial score (nSPS) is 14.6. The maximum Gasteiger partial charge on any atom is 0.268 e. The van der Waals surface area contributed by atoms with E-state index in [0.717, 1.165) is 109 Å². The first-order valence-electron chi connectivity index (χ1n) is 31.9. The molecule has 0 aromatic rings. The summed E-state index contributed by atoms with van der Waals surface area (Å²) in [7, 11) is 1.25. The van der Waals surface area contributed by atoms with E-state index in [1.54, 1.807) is 6.08 Å². The van der Waals surface area contributed by atoms with E-state index in [2.05, 4.69) is 129 Å². The number of likely N-dealkylation sites (N-methyl/N-ethyl adjacent to an activating group) is 1. The highest BCUT2D eigenvalue weighted by molar-refractivity contribution is 7.45. The molecule has 3 unspecified atom stereocenters. The molecule has 3 atom stereocenters. The number of hydrogen-bond acceptors (Lipinski definition) is 6. The number of phosphoric acid groups is 1. The zero-order valence-electron chi connectivity index (χ0n) is 51.1. The summed E-state index contributed by atoms with van der Waals surface area (Å²) in [6.45, 7) is 4.54. The number of quaternary nitrogens is 1. The summed E-state index contributed by atoms with van der Waals surface area (Å²) >= 11 is 0. The minimum Gasteiger partial charge on any atom is -0.756 e. The van der Waals surface area contributed by atoms with Crippen molar-refractivity contribution in [3.63, 3.8) is 0 Å². The summed E-state index contributed by atoms with van der Waals surface area (Å²) in [6, 6.07) is -0.899. The predicted octanol–water partition coefficient (Wildman–Crippen LogP) is 19.5. The quantitative estimate of drug-likeness (QED) is 0.0272. The number of aliphatic hydroxyl groups is 1. The van der Waals surface area contributed by atoms with Crippen molar-refractivity contribution in [3.8, 4) is 0 Å². The molecule has 0 aliphatic rings. The first-order valence-corrected chi connectivity index (χ1v) is 33.4. The Morgan fingerprint density at radius 1 is 0.462 bits per heavy atom. The number of rotatable bonds is 57. The second-order valence-electron chi connectivity index (χ2n) is 22.4. The van der Waals surface area contributed by atoms with Crippen molar-refractivity contribution in [2.24, 2.45) is 0 Å². The van der Waals surface area contributed by atoms with Crippen molar-refractivity contribution in [1.29, 1.82) is 0 Å². The highest BCUT2D eigenvalue weighted by Gasteiger charge is 2.23. The van der Waals surface area contributed by atoms with Crippen LogP contribution >= 0.6 is 7.82 Å². The topological polar surface area (TPSA) is 108 Å². The molecule has 0 spiro atoms. The summed E-state index contributed by atoms with van der Waals surface area (Å²) in [6.07, 6.45) is 87.1. The Kier molecular flexibility index (Phi) is 56.2. The number of unbranched alkanes of at least 4 members (excludes halogenated alkanes) is 26. The van der Waals surface area contributed by atoms with Crippen molar-refractivity contribution in [2.75, 3.05) is 40.9 Å². The van der Waals surface area contributed by atoms with Gasteiger partial charge in [-0.15, -0.1) is 0 Å². The SMILES string of the molecule is CC/C=C\C/C=C\C/C=C\C/C=C\C/C=C\C/C=C\C/C=C\C/C=C\C/C=C\CCCCCCCCCCCC(=O)NC(COP(=O)([O-])OCC[N+](C)(C)C)C(O)/C=C/CCCCCCCCCCCCCCCCCCC. The maximum atomic E-state index is 13.0. The number of nitrogens with zero attached hydrogens (tertiary/aromatic N) is 1. The molecule has 0 aliphatic carbocycles. The number of phosphoric ester groups is 1. The molecule has 2 N–H and O–H groups in total. The van der Waals surface area contributed by atoms with Crippen LogP contribution in [0.25, 0.3) is 0 Å². The van der Waals surface area contributed by atoms with Crippen LogP contribution in [0.15, 0.2) is 122 Å². The summed E-state index contributed by atoms with van der Waals surface area (Å²) < 4.78 is 23.4. The fourth-order valence-corrected chi connectivity index (χ4v) is 9.46. The van der Waals surface area contributed by atoms with Gasteiger partial charge in [-0.1, -0.05) is 283 Å². The zero-order chi connectivity index (χ0) is 57.0. The number of nitrogens with one attached hydrogen (secondary N) is 1. The number of allylic oxidation sites excluding steroid dienone is 19. The molecule has 8 nitrogen and oxygen atoms in total. The summed E-state index contributed by atoms with van der Waals surface area (Å²) in [5.41, 5.74) is 0. The first-order chi connectivity index (χ1) is 38.0. The number of carbonyl (C=O) groups is 1. The summed E-state index contributed by atoms with van der Waals surface area (Å²) in [4.78, 5) is 25.6. The molecule has 0 saturated carbocycles. The van der Waals surface area contributed by atoms with Crippen molar-refractivity contribution in [3.05, 3.63) is 122 Å². The molecule has 0 fully saturated rings. The van der Waals surface area contributed by atoms with Gasteiger partial charge in [0, 0.05) is 6.42 Å². The lowest BCUT2D eigenvalue weighted by Crippen LogP contribution is -2.45. The Morgan fingerprint density at radius 3 is 1.14 bits per heavy atom. The van der Waals surface area contributed by atoms with Crippen LogP contribution in [0.4, 0.5) is 0 Å². The molecule has 0 aromatic carbocycles. The van der Waals surface area contributed by atoms with Crippen LogP contribution in [0.3, 0.4) is 0 Å². The average Bonchev–Trinajstić information content (AvgIpc) is 3.41. The Morgan fingerprint density at radius 2 is 0.782 bits per heavy atom. The van der Waals surface area contributed by atoms with Gasteiger partial charge in [-0.05, 0) is 89.9 Å². The fourth-order valence-electron chi connectivity index (χ4n) is 8.73. The van der Waals surface area contributed by atoms with E-state index in [-0.39, 0.29) is 19.1 Å². The van der Waals surface area contributed by atoms with Gasteiger partial charge < -0.3 is 28.8 Å². The standard InChI is InChI=1S/C69H121N2O6P/c1-6-8-10-12-14-16-18-20-22-24-26-27-28-29-30-31-32-33-34-35-36-37-38-39-40-41-42-43-45-47-49-51-53-55-57-59-61-63-69(73)70-67(66-77-78(74,75)76-65-64-71(3,4)5)68(72)62-60-58-56-54-52-50-48-46-44-25-23-21-19-17-15-13-11-9-7-2/h8,10,14,16,20,22,26-27,29-30,32-33,35-36,38-39,41-42,60,62,67-68,72H,6-7,9,11-13,15,17-19,21,23-25,28,31,34,37,40,43-59,61,63-66H2,1-5H3,(H-,70,73,74,75)/b10-8-,16-14-,22-20-,27-26-,30-29-,33-32-,36-35-,39-38-,42-41-,62-60+. The third-order valence-electron chi connectivity index (χ3n) is 13.7. The van der Waals surface area contributed by atoms with Crippen molar-refractivity contribution < 1.29 is 32.9 Å². The molecule has 448 valence electrons. The monoisotopic (exact) mass is 1100 g/mol. The van der Waals surface area contributed by atoms with Crippen LogP contribution < -0.4 is 10.2 Å². The van der Waals surface area contributed by atoms with Gasteiger partial charge in [-0.2, -0.15) is 0 Å². The van der Waals surface area contributed by atoms with Gasteiger partial charge in [0.05, 0.1) is 39.9 Å². The second kappa shape index (κ2) is 58.6. The number of hydrogen-bond donors (Lipinski definition) is 2. The minimum absolute atomic E-state index is 0.00741. The van der Waals surface area contributed by atoms with Crippen LogP contribution in [-0.4, -0.2) is 68.5 Å². The van der Waals surface area contributed by atoms with Crippen LogP contribution in [0, 0.1) is 0 Å². The first kappa shape index (κ1) is 74.9. The van der Waals surface area contributed by atoms with Crippen LogP contribution in [0.2, 0.25) is 0 Å². The molecule has 0 aromatic heterocycles. The molecule has 0 bridgehead atoms. The van der Waals surface area contributed by atoms with E-state index in [4.69, 9.17) is 9.05 Å². The smallest absolute Gasteiger partial charge is 0.268 e. The third-order valence-corrected chi connectivity index (χ3v) is 14.6. The van der Waals surface area contributed by atoms with Gasteiger partial charge in [0.15, 0.2) is 0 Å². The largest absolute Gasteiger partial charge is 0.756 e. The van der Waals surface area contributed by atoms with Gasteiger partial charge in [0.25, 0.3) is 7.82 Å². The average molecular weight is 1110 g/mol. The summed E-state index contributed by atoms with van der Waals surface area (Å²) in [5, 5.41) is 13.9. The van der Waals surface area contributed by atoms with Crippen LogP contribution in [0.1, 0.15) is 258 Å². The minimum atomic E-state index is -4.61. The molecule has 0 saturated heterocycles. The Balaban J connectivity index is 4.16. The summed E-state index contributed by atoms with van der Waals surface area (Å²) in [5.74, 6) is -0.207. The van der Waals surface area contributed by atoms with E-state index >= 15 is 0 Å². The molecule has 0 aliphatic heterocycles. The molecular formula is C69H121N2O6P. The second-order valence-corrected chi connectivity index (χ2v) is 23.8. The maximum absolute atomic E-state index is 13.0. The molecule has 78 heavy (non-hydrogen) atoms. The Hall–Kier alpha value is -3.10. The molecule has 0 heterocycles. The van der Waals surface area contributed by atoms with E-state index in [1.165, 1.54) is 128 Å².